The third kappa shape index (κ3) is 6.20. The minimum atomic E-state index is -4.35. The van der Waals surface area contributed by atoms with E-state index in [1.54, 1.807) is 28.0 Å². The lowest BCUT2D eigenvalue weighted by Gasteiger charge is -2.20. The zero-order valence-electron chi connectivity index (χ0n) is 18.9. The van der Waals surface area contributed by atoms with Gasteiger partial charge in [0.15, 0.2) is 0 Å². The van der Waals surface area contributed by atoms with Gasteiger partial charge in [0, 0.05) is 27.4 Å². The number of halogens is 1. The number of fused-ring (bicyclic) bond motifs is 2. The van der Waals surface area contributed by atoms with Crippen molar-refractivity contribution in [3.8, 4) is 10.4 Å². The van der Waals surface area contributed by atoms with E-state index in [1.165, 1.54) is 23.1 Å². The molecule has 0 saturated carbocycles. The van der Waals surface area contributed by atoms with Crippen molar-refractivity contribution in [1.82, 2.24) is 0 Å². The van der Waals surface area contributed by atoms with Crippen LogP contribution in [0.4, 0.5) is 5.69 Å². The molecule has 1 aliphatic heterocycles. The number of thioether (sulfide) groups is 1. The first-order valence-corrected chi connectivity index (χ1v) is 16.9. The van der Waals surface area contributed by atoms with E-state index in [0.29, 0.717) is 15.5 Å². The van der Waals surface area contributed by atoms with Crippen molar-refractivity contribution in [3.63, 3.8) is 0 Å². The molecule has 0 fully saturated rings. The molecule has 8 nitrogen and oxygen atoms in total. The monoisotopic (exact) mass is 615 g/mol. The van der Waals surface area contributed by atoms with E-state index in [0.717, 1.165) is 30.8 Å². The van der Waals surface area contributed by atoms with Gasteiger partial charge in [0.25, 0.3) is 21.0 Å². The van der Waals surface area contributed by atoms with Crippen LogP contribution in [-0.2, 0) is 26.1 Å². The Morgan fingerprint density at radius 2 is 1.84 bits per heavy atom. The Bertz CT molecular complexity index is 1730. The minimum absolute atomic E-state index is 0.171. The van der Waals surface area contributed by atoms with Crippen molar-refractivity contribution in [1.29, 1.82) is 0 Å². The topological polar surface area (TPSA) is 116 Å². The van der Waals surface area contributed by atoms with Crippen LogP contribution in [0.5, 0.6) is 0 Å². The molecular formula is C23H20ClN2O6S5+. The lowest BCUT2D eigenvalue weighted by Crippen LogP contribution is -2.39. The largest absolute Gasteiger partial charge is 0.335 e. The van der Waals surface area contributed by atoms with E-state index in [9.17, 15) is 25.9 Å². The van der Waals surface area contributed by atoms with Crippen LogP contribution in [0.3, 0.4) is 0 Å². The van der Waals surface area contributed by atoms with Gasteiger partial charge in [-0.3, -0.25) is 9.11 Å². The maximum Gasteiger partial charge on any atom is 0.326 e. The predicted molar refractivity (Wildman–Crippen MR) is 151 cm³/mol. The Morgan fingerprint density at radius 3 is 2.54 bits per heavy atom. The predicted octanol–water partition coefficient (Wildman–Crippen LogP) is 5.60. The average Bonchev–Trinajstić information content (AvgIpc) is 3.52. The molecule has 2 aromatic heterocycles. The smallest absolute Gasteiger partial charge is 0.326 e. The van der Waals surface area contributed by atoms with Crippen LogP contribution >= 0.6 is 46.0 Å². The van der Waals surface area contributed by atoms with Gasteiger partial charge in [0.1, 0.15) is 4.70 Å². The summed E-state index contributed by atoms with van der Waals surface area (Å²) in [7, 11) is -8.47. The molecule has 37 heavy (non-hydrogen) atoms. The first kappa shape index (κ1) is 26.6. The molecule has 0 atom stereocenters. The Labute approximate surface area is 231 Å². The van der Waals surface area contributed by atoms with Crippen LogP contribution in [0.15, 0.2) is 63.8 Å². The Kier molecular flexibility index (Phi) is 7.41. The molecule has 2 aromatic carbocycles. The van der Waals surface area contributed by atoms with Gasteiger partial charge >= 0.3 is 10.1 Å². The van der Waals surface area contributed by atoms with E-state index in [-0.39, 0.29) is 13.0 Å². The molecule has 3 heterocycles. The summed E-state index contributed by atoms with van der Waals surface area (Å²) in [6, 6.07) is 15.1. The zero-order valence-corrected chi connectivity index (χ0v) is 23.8. The summed E-state index contributed by atoms with van der Waals surface area (Å²) in [5.74, 6) is -1.01. The van der Waals surface area contributed by atoms with Gasteiger partial charge in [0.05, 0.1) is 22.5 Å². The number of nitrogens with zero attached hydrogens (tertiary/aromatic N) is 2. The van der Waals surface area contributed by atoms with E-state index in [2.05, 4.69) is 0 Å². The number of rotatable bonds is 8. The van der Waals surface area contributed by atoms with Crippen molar-refractivity contribution in [2.45, 2.75) is 17.2 Å². The second-order valence-electron chi connectivity index (χ2n) is 8.23. The summed E-state index contributed by atoms with van der Waals surface area (Å²) >= 11 is 10.6. The lowest BCUT2D eigenvalue weighted by molar-refractivity contribution is -0.649. The minimum Gasteiger partial charge on any atom is -0.335 e. The number of aromatic nitrogens is 1. The quantitative estimate of drug-likeness (QED) is 0.194. The molecule has 0 unspecified atom stereocenters. The van der Waals surface area contributed by atoms with Crippen LogP contribution in [0.25, 0.3) is 26.7 Å². The van der Waals surface area contributed by atoms with Gasteiger partial charge in [-0.1, -0.05) is 46.8 Å². The molecule has 0 spiro atoms. The highest BCUT2D eigenvalue weighted by Gasteiger charge is 2.30. The normalized spacial score (nSPS) is 15.1. The van der Waals surface area contributed by atoms with Gasteiger partial charge in [0.2, 0.25) is 5.52 Å². The van der Waals surface area contributed by atoms with Gasteiger partial charge in [-0.05, 0) is 47.7 Å². The maximum absolute atomic E-state index is 12.0. The van der Waals surface area contributed by atoms with Crippen LogP contribution in [-0.4, -0.2) is 38.2 Å². The fourth-order valence-corrected chi connectivity index (χ4v) is 8.35. The molecular weight excluding hydrogens is 596 g/mol. The summed E-state index contributed by atoms with van der Waals surface area (Å²) in [6.45, 7) is 0.289. The first-order valence-electron chi connectivity index (χ1n) is 10.8. The summed E-state index contributed by atoms with van der Waals surface area (Å²) in [6.07, 6.45) is 2.00. The molecule has 5 rings (SSSR count). The van der Waals surface area contributed by atoms with Crippen molar-refractivity contribution in [3.05, 3.63) is 69.0 Å². The Morgan fingerprint density at radius 1 is 1.03 bits per heavy atom. The van der Waals surface area contributed by atoms with Crippen molar-refractivity contribution in [2.75, 3.05) is 17.2 Å². The number of thiophene rings is 1. The molecule has 0 aliphatic carbocycles. The molecule has 14 heteroatoms. The second kappa shape index (κ2) is 10.3. The number of anilines is 1. The molecule has 0 radical (unpaired) electrons. The summed E-state index contributed by atoms with van der Waals surface area (Å²) in [4.78, 5) is 3.84. The van der Waals surface area contributed by atoms with Crippen LogP contribution in [0.1, 0.15) is 11.4 Å². The van der Waals surface area contributed by atoms with E-state index >= 15 is 0 Å². The number of hydrogen-bond donors (Lipinski definition) is 2. The van der Waals surface area contributed by atoms with Gasteiger partial charge in [-0.25, -0.2) is 0 Å². The molecule has 0 amide bonds. The molecule has 194 valence electrons. The van der Waals surface area contributed by atoms with Crippen molar-refractivity contribution >= 4 is 88.3 Å². The Hall–Kier alpha value is -1.97. The van der Waals surface area contributed by atoms with E-state index in [1.807, 2.05) is 52.8 Å². The van der Waals surface area contributed by atoms with Crippen molar-refractivity contribution < 1.29 is 30.5 Å². The molecule has 1 aliphatic rings. The molecule has 2 N–H and O–H groups in total. The Balaban J connectivity index is 1.60. The molecule has 0 bridgehead atoms. The average molecular weight is 616 g/mol. The highest BCUT2D eigenvalue weighted by atomic mass is 35.5. The van der Waals surface area contributed by atoms with Gasteiger partial charge in [-0.2, -0.15) is 21.4 Å². The van der Waals surface area contributed by atoms with E-state index < -0.39 is 31.9 Å². The molecule has 0 saturated heterocycles. The third-order valence-electron chi connectivity index (χ3n) is 5.55. The molecule has 4 aromatic rings. The maximum atomic E-state index is 12.0. The lowest BCUT2D eigenvalue weighted by atomic mass is 10.2. The standard InChI is InChI=1S/C23H19ClN2O6S5/c24-16-5-7-21-18(12-16)25(8-2-10-36(27,28)29)22(34-21)13-23-26(14-37(30,31)32)17-11-15(4-6-20(17)35-23)19-3-1-9-33-19/h1,3-7,9,11-13H,2,8,10,14H2,(H-,27,28,29,30,31,32)/p+1. The van der Waals surface area contributed by atoms with E-state index in [4.69, 9.17) is 11.6 Å². The van der Waals surface area contributed by atoms with Crippen LogP contribution in [0, 0.1) is 0 Å². The van der Waals surface area contributed by atoms with Crippen LogP contribution < -0.4 is 9.47 Å². The van der Waals surface area contributed by atoms with Crippen molar-refractivity contribution in [2.24, 2.45) is 0 Å². The number of hydrogen-bond acceptors (Lipinski definition) is 8. The first-order chi connectivity index (χ1) is 17.5. The fraction of sp³-hybridized carbons (Fsp3) is 0.174. The van der Waals surface area contributed by atoms with Crippen LogP contribution in [0.2, 0.25) is 5.02 Å². The van der Waals surface area contributed by atoms with Gasteiger partial charge < -0.3 is 4.90 Å². The highest BCUT2D eigenvalue weighted by Crippen LogP contribution is 2.48. The SMILES string of the molecule is O=S(=O)(O)CCCN1C(=Cc2sc3ccc(-c4cccs4)cc3[n+]2CS(=O)(=O)O)Sc2ccc(Cl)cc21. The summed E-state index contributed by atoms with van der Waals surface area (Å²) in [5.41, 5.74) is 2.40. The number of thiazole rings is 1. The summed E-state index contributed by atoms with van der Waals surface area (Å²) in [5, 5.41) is 3.82. The summed E-state index contributed by atoms with van der Waals surface area (Å²) < 4.78 is 67.8. The second-order valence-corrected chi connectivity index (χ2v) is 14.7. The third-order valence-corrected chi connectivity index (χ3v) is 10.3. The zero-order chi connectivity index (χ0) is 26.4. The fourth-order valence-electron chi connectivity index (χ4n) is 4.02. The number of benzene rings is 2. The van der Waals surface area contributed by atoms with Gasteiger partial charge in [-0.15, -0.1) is 11.3 Å². The highest BCUT2D eigenvalue weighted by molar-refractivity contribution is 8.04.